The van der Waals surface area contributed by atoms with Crippen molar-refractivity contribution in [2.45, 2.75) is 19.4 Å². The first kappa shape index (κ1) is 23.5. The van der Waals surface area contributed by atoms with Crippen LogP contribution in [0.1, 0.15) is 24.9 Å². The number of hydrogen-bond donors (Lipinski definition) is 1. The predicted molar refractivity (Wildman–Crippen MR) is 108 cm³/mol. The third-order valence-electron chi connectivity index (χ3n) is 4.00. The lowest BCUT2D eigenvalue weighted by atomic mass is 9.97. The number of hydrogen-bond acceptors (Lipinski definition) is 4. The van der Waals surface area contributed by atoms with Gasteiger partial charge < -0.3 is 14.8 Å². The predicted octanol–water partition coefficient (Wildman–Crippen LogP) is 4.22. The molecule has 1 N–H and O–H groups in total. The summed E-state index contributed by atoms with van der Waals surface area (Å²) < 4.78 is 11.9. The average molecular weight is 442 g/mol. The maximum Gasteiger partial charge on any atom is 0.161 e. The van der Waals surface area contributed by atoms with E-state index in [1.165, 1.54) is 11.1 Å². The van der Waals surface area contributed by atoms with Crippen LogP contribution < -0.4 is 14.8 Å². The monoisotopic (exact) mass is 440 g/mol. The highest BCUT2D eigenvalue weighted by Gasteiger charge is 2.25. The Morgan fingerprint density at radius 2 is 1.75 bits per heavy atom. The molecule has 1 aromatic carbocycles. The first-order valence-electron chi connectivity index (χ1n) is 7.57. The second-order valence-electron chi connectivity index (χ2n) is 5.69. The van der Waals surface area contributed by atoms with Crippen molar-refractivity contribution in [2.75, 3.05) is 40.4 Å². The molecule has 0 radical (unpaired) electrons. The second-order valence-corrected chi connectivity index (χ2v) is 6.55. The van der Waals surface area contributed by atoms with Crippen LogP contribution in [-0.4, -0.2) is 45.3 Å². The van der Waals surface area contributed by atoms with E-state index in [0.717, 1.165) is 48.6 Å². The van der Waals surface area contributed by atoms with Gasteiger partial charge in [0.2, 0.25) is 0 Å². The fraction of sp³-hybridized carbons (Fsp3) is 0.529. The van der Waals surface area contributed by atoms with Crippen LogP contribution in [-0.2, 0) is 0 Å². The topological polar surface area (TPSA) is 33.7 Å². The number of methoxy groups -OCH3 is 2. The Bertz CT molecular complexity index is 538. The van der Waals surface area contributed by atoms with E-state index in [4.69, 9.17) is 9.47 Å². The standard InChI is InChI=1S/C17H25BrN2O2.2ClH/c1-12(2)9-15(20-7-5-19-6-8-20)13-10-16(21-3)17(22-4)11-14(13)18;;/h10-11,15,19H,1,5-9H2,2-4H3;2*1H/t15-;;/m0../s1. The molecule has 0 aromatic heterocycles. The molecule has 1 fully saturated rings. The molecule has 7 heteroatoms. The van der Waals surface area contributed by atoms with Crippen LogP contribution in [0.3, 0.4) is 0 Å². The van der Waals surface area contributed by atoms with E-state index in [2.05, 4.69) is 45.7 Å². The third-order valence-corrected chi connectivity index (χ3v) is 4.68. The molecule has 1 atom stereocenters. The van der Waals surface area contributed by atoms with E-state index in [-0.39, 0.29) is 24.8 Å². The minimum atomic E-state index is 0. The van der Waals surface area contributed by atoms with Crippen molar-refractivity contribution < 1.29 is 9.47 Å². The average Bonchev–Trinajstić information content (AvgIpc) is 2.53. The summed E-state index contributed by atoms with van der Waals surface area (Å²) >= 11 is 3.70. The number of nitrogens with zero attached hydrogens (tertiary/aromatic N) is 1. The van der Waals surface area contributed by atoms with Crippen LogP contribution in [0.15, 0.2) is 28.8 Å². The van der Waals surface area contributed by atoms with Gasteiger partial charge in [0.25, 0.3) is 0 Å². The molecule has 24 heavy (non-hydrogen) atoms. The summed E-state index contributed by atoms with van der Waals surface area (Å²) in [5, 5.41) is 3.41. The number of rotatable bonds is 6. The van der Waals surface area contributed by atoms with Gasteiger partial charge in [-0.25, -0.2) is 0 Å². The third kappa shape index (κ3) is 5.81. The van der Waals surface area contributed by atoms with Crippen LogP contribution in [0.25, 0.3) is 0 Å². The zero-order valence-corrected chi connectivity index (χ0v) is 17.7. The summed E-state index contributed by atoms with van der Waals surface area (Å²) in [6.07, 6.45) is 0.939. The maximum atomic E-state index is 5.48. The Labute approximate surface area is 165 Å². The Kier molecular flexibility index (Phi) is 11.0. The van der Waals surface area contributed by atoms with Gasteiger partial charge in [-0.3, -0.25) is 4.90 Å². The minimum absolute atomic E-state index is 0. The molecule has 0 amide bonds. The largest absolute Gasteiger partial charge is 0.493 e. The van der Waals surface area contributed by atoms with E-state index >= 15 is 0 Å². The summed E-state index contributed by atoms with van der Waals surface area (Å²) in [7, 11) is 3.33. The van der Waals surface area contributed by atoms with Gasteiger partial charge in [0.1, 0.15) is 0 Å². The second kappa shape index (κ2) is 11.2. The highest BCUT2D eigenvalue weighted by Crippen LogP contribution is 2.39. The number of nitrogens with one attached hydrogen (secondary N) is 1. The fourth-order valence-electron chi connectivity index (χ4n) is 2.88. The molecule has 4 nitrogen and oxygen atoms in total. The van der Waals surface area contributed by atoms with Crippen molar-refractivity contribution in [3.05, 3.63) is 34.3 Å². The van der Waals surface area contributed by atoms with Crippen molar-refractivity contribution in [2.24, 2.45) is 0 Å². The molecule has 1 aliphatic heterocycles. The van der Waals surface area contributed by atoms with Gasteiger partial charge in [-0.2, -0.15) is 0 Å². The molecule has 0 aliphatic carbocycles. The Hall–Kier alpha value is -0.460. The molecule has 0 bridgehead atoms. The van der Waals surface area contributed by atoms with Crippen LogP contribution in [0.4, 0.5) is 0 Å². The minimum Gasteiger partial charge on any atom is -0.493 e. The number of halogens is 3. The molecule has 138 valence electrons. The van der Waals surface area contributed by atoms with Crippen LogP contribution in [0.2, 0.25) is 0 Å². The van der Waals surface area contributed by atoms with Crippen LogP contribution in [0, 0.1) is 0 Å². The zero-order chi connectivity index (χ0) is 16.1. The molecular formula is C17H27BrCl2N2O2. The zero-order valence-electron chi connectivity index (χ0n) is 14.4. The fourth-order valence-corrected chi connectivity index (χ4v) is 3.47. The van der Waals surface area contributed by atoms with Gasteiger partial charge in [0.15, 0.2) is 11.5 Å². The van der Waals surface area contributed by atoms with Crippen LogP contribution >= 0.6 is 40.7 Å². The van der Waals surface area contributed by atoms with E-state index in [9.17, 15) is 0 Å². The molecule has 1 aliphatic rings. The highest BCUT2D eigenvalue weighted by molar-refractivity contribution is 9.10. The summed E-state index contributed by atoms with van der Waals surface area (Å²) in [5.74, 6) is 1.51. The molecule has 1 aromatic rings. The van der Waals surface area contributed by atoms with Crippen molar-refractivity contribution in [3.8, 4) is 11.5 Å². The first-order valence-corrected chi connectivity index (χ1v) is 8.36. The SMILES string of the molecule is C=C(C)C[C@@H](c1cc(OC)c(OC)cc1Br)N1CCNCC1.Cl.Cl. The summed E-state index contributed by atoms with van der Waals surface area (Å²) in [4.78, 5) is 2.51. The highest BCUT2D eigenvalue weighted by atomic mass is 79.9. The Balaban J connectivity index is 0.00000264. The summed E-state index contributed by atoms with van der Waals surface area (Å²) in [5.41, 5.74) is 2.41. The maximum absolute atomic E-state index is 5.48. The lowest BCUT2D eigenvalue weighted by Gasteiger charge is -2.36. The molecule has 1 saturated heterocycles. The van der Waals surface area contributed by atoms with Crippen molar-refractivity contribution in [1.29, 1.82) is 0 Å². The van der Waals surface area contributed by atoms with Gasteiger partial charge in [0.05, 0.1) is 14.2 Å². The quantitative estimate of drug-likeness (QED) is 0.670. The first-order chi connectivity index (χ1) is 10.6. The molecule has 0 spiro atoms. The van der Waals surface area contributed by atoms with E-state index in [1.807, 2.05) is 6.07 Å². The Morgan fingerprint density at radius 3 is 2.25 bits per heavy atom. The summed E-state index contributed by atoms with van der Waals surface area (Å²) in [6, 6.07) is 4.37. The van der Waals surface area contributed by atoms with E-state index in [0.29, 0.717) is 6.04 Å². The normalized spacial score (nSPS) is 15.7. The molecule has 2 rings (SSSR count). The van der Waals surface area contributed by atoms with Gasteiger partial charge in [-0.05, 0) is 31.0 Å². The van der Waals surface area contributed by atoms with Crippen molar-refractivity contribution in [1.82, 2.24) is 10.2 Å². The van der Waals surface area contributed by atoms with Crippen molar-refractivity contribution >= 4 is 40.7 Å². The lowest BCUT2D eigenvalue weighted by Crippen LogP contribution is -2.45. The van der Waals surface area contributed by atoms with Gasteiger partial charge >= 0.3 is 0 Å². The van der Waals surface area contributed by atoms with E-state index in [1.54, 1.807) is 14.2 Å². The molecular weight excluding hydrogens is 415 g/mol. The smallest absolute Gasteiger partial charge is 0.161 e. The lowest BCUT2D eigenvalue weighted by molar-refractivity contribution is 0.171. The number of benzene rings is 1. The number of piperazine rings is 1. The molecule has 1 heterocycles. The molecule has 0 unspecified atom stereocenters. The van der Waals surface area contributed by atoms with Gasteiger partial charge in [-0.15, -0.1) is 31.4 Å². The van der Waals surface area contributed by atoms with Crippen molar-refractivity contribution in [3.63, 3.8) is 0 Å². The molecule has 0 saturated carbocycles. The van der Waals surface area contributed by atoms with Crippen LogP contribution in [0.5, 0.6) is 11.5 Å². The number of ether oxygens (including phenoxy) is 2. The van der Waals surface area contributed by atoms with Gasteiger partial charge in [-0.1, -0.05) is 21.5 Å². The Morgan fingerprint density at radius 1 is 1.21 bits per heavy atom. The van der Waals surface area contributed by atoms with E-state index < -0.39 is 0 Å². The summed E-state index contributed by atoms with van der Waals surface area (Å²) in [6.45, 7) is 10.3. The van der Waals surface area contributed by atoms with Gasteiger partial charge in [0, 0.05) is 36.7 Å².